The molecule has 194 valence electrons. The summed E-state index contributed by atoms with van der Waals surface area (Å²) in [5.41, 5.74) is -0.432. The third-order valence-corrected chi connectivity index (χ3v) is 10.1. The van der Waals surface area contributed by atoms with Crippen LogP contribution in [0.1, 0.15) is 58.4 Å². The van der Waals surface area contributed by atoms with E-state index in [-0.39, 0.29) is 24.9 Å². The van der Waals surface area contributed by atoms with Crippen LogP contribution in [0.4, 0.5) is 0 Å². The zero-order valence-corrected chi connectivity index (χ0v) is 21.6. The summed E-state index contributed by atoms with van der Waals surface area (Å²) in [7, 11) is 0. The lowest BCUT2D eigenvalue weighted by Crippen LogP contribution is -2.70. The first kappa shape index (κ1) is 24.2. The van der Waals surface area contributed by atoms with Gasteiger partial charge in [-0.1, -0.05) is 19.6 Å². The van der Waals surface area contributed by atoms with E-state index in [4.69, 9.17) is 13.9 Å². The van der Waals surface area contributed by atoms with E-state index in [0.29, 0.717) is 53.9 Å². The van der Waals surface area contributed by atoms with Crippen LogP contribution < -0.4 is 10.4 Å². The van der Waals surface area contributed by atoms with Crippen LogP contribution in [0, 0.1) is 16.7 Å². The highest BCUT2D eigenvalue weighted by molar-refractivity contribution is 5.70. The molecule has 5 atom stereocenters. The number of aromatic nitrogens is 1. The first-order chi connectivity index (χ1) is 17.6. The molecule has 1 N–H and O–H groups in total. The summed E-state index contributed by atoms with van der Waals surface area (Å²) in [5, 5.41) is 12.1. The molecule has 2 spiro atoms. The molecule has 7 heteroatoms. The van der Waals surface area contributed by atoms with E-state index < -0.39 is 27.7 Å². The van der Waals surface area contributed by atoms with Crippen LogP contribution in [0.3, 0.4) is 0 Å². The standard InChI is InChI=1S/C30H33NO6/c1-18(2)29(34)12-11-27(4)24(28(29)10-9-25(32)35-17-28)8-7-19(3)30(27)15-21-23(37-30)14-22(36-26(21)33)20-6-5-13-31-16-20/h5-7,13-14,16,24,34H,1,8-12,15,17H2,2-4H3/t24-,27+,28-,29+,30-/m1/s1. The highest BCUT2D eigenvalue weighted by Crippen LogP contribution is 2.69. The van der Waals surface area contributed by atoms with Gasteiger partial charge in [0.2, 0.25) is 0 Å². The fraction of sp³-hybridized carbons (Fsp3) is 0.500. The zero-order chi connectivity index (χ0) is 26.2. The number of hydrogen-bond donors (Lipinski definition) is 1. The molecule has 2 aliphatic heterocycles. The molecule has 1 saturated heterocycles. The number of aliphatic hydroxyl groups is 1. The first-order valence-electron chi connectivity index (χ1n) is 13.0. The van der Waals surface area contributed by atoms with Crippen molar-refractivity contribution in [3.8, 4) is 17.1 Å². The Labute approximate surface area is 216 Å². The molecule has 0 unspecified atom stereocenters. The van der Waals surface area contributed by atoms with Crippen molar-refractivity contribution in [3.05, 3.63) is 70.4 Å². The van der Waals surface area contributed by atoms with Crippen molar-refractivity contribution < 1.29 is 23.8 Å². The molecule has 2 aliphatic carbocycles. The van der Waals surface area contributed by atoms with E-state index in [0.717, 1.165) is 12.0 Å². The van der Waals surface area contributed by atoms with Gasteiger partial charge >= 0.3 is 11.6 Å². The SMILES string of the molecule is C=C(C)[C@@]1(O)CC[C@@]2(C)[C@@H](CC=C(C)[C@]23Cc2c(cc(-c4cccnc4)oc2=O)O3)[C@]12CCC(=O)OC2. The van der Waals surface area contributed by atoms with Gasteiger partial charge in [-0.25, -0.2) is 4.79 Å². The van der Waals surface area contributed by atoms with Crippen LogP contribution in [0.2, 0.25) is 0 Å². The Morgan fingerprint density at radius 2 is 2.05 bits per heavy atom. The number of allylic oxidation sites excluding steroid dienone is 1. The van der Waals surface area contributed by atoms with E-state index in [1.54, 1.807) is 24.5 Å². The Morgan fingerprint density at radius 3 is 2.73 bits per heavy atom. The van der Waals surface area contributed by atoms with Gasteiger partial charge in [0.25, 0.3) is 0 Å². The maximum atomic E-state index is 13.2. The Balaban J connectivity index is 1.47. The van der Waals surface area contributed by atoms with Crippen molar-refractivity contribution >= 4 is 5.97 Å². The van der Waals surface area contributed by atoms with Crippen LogP contribution >= 0.6 is 0 Å². The van der Waals surface area contributed by atoms with E-state index >= 15 is 0 Å². The predicted octanol–water partition coefficient (Wildman–Crippen LogP) is 4.77. The maximum absolute atomic E-state index is 13.2. The largest absolute Gasteiger partial charge is 0.481 e. The van der Waals surface area contributed by atoms with Crippen molar-refractivity contribution in [1.29, 1.82) is 0 Å². The number of pyridine rings is 1. The normalized spacial score (nSPS) is 36.4. The number of ether oxygens (including phenoxy) is 2. The molecule has 7 nitrogen and oxygen atoms in total. The molecule has 0 radical (unpaired) electrons. The zero-order valence-electron chi connectivity index (χ0n) is 21.6. The number of cyclic esters (lactones) is 1. The predicted molar refractivity (Wildman–Crippen MR) is 137 cm³/mol. The fourth-order valence-corrected chi connectivity index (χ4v) is 7.97. The average Bonchev–Trinajstić information content (AvgIpc) is 3.29. The number of fused-ring (bicyclic) bond motifs is 4. The Hall–Kier alpha value is -3.19. The van der Waals surface area contributed by atoms with Crippen molar-refractivity contribution in [2.45, 2.75) is 70.5 Å². The van der Waals surface area contributed by atoms with Gasteiger partial charge in [0.05, 0.1) is 11.2 Å². The minimum Gasteiger partial charge on any atom is -0.481 e. The fourth-order valence-electron chi connectivity index (χ4n) is 7.97. The molecule has 37 heavy (non-hydrogen) atoms. The van der Waals surface area contributed by atoms with Crippen LogP contribution in [-0.4, -0.2) is 33.9 Å². The van der Waals surface area contributed by atoms with Crippen molar-refractivity contribution in [3.63, 3.8) is 0 Å². The highest BCUT2D eigenvalue weighted by Gasteiger charge is 2.71. The van der Waals surface area contributed by atoms with Gasteiger partial charge in [-0.05, 0) is 68.7 Å². The first-order valence-corrected chi connectivity index (χ1v) is 13.0. The summed E-state index contributed by atoms with van der Waals surface area (Å²) in [6.45, 7) is 10.5. The molecule has 6 rings (SSSR count). The molecule has 2 aromatic heterocycles. The number of esters is 1. The number of carbonyl (C=O) groups is 1. The van der Waals surface area contributed by atoms with E-state index in [1.807, 2.05) is 13.0 Å². The summed E-state index contributed by atoms with van der Waals surface area (Å²) in [4.78, 5) is 29.5. The topological polar surface area (TPSA) is 98.9 Å². The number of carbonyl (C=O) groups excluding carboxylic acids is 1. The second-order valence-electron chi connectivity index (χ2n) is 11.6. The van der Waals surface area contributed by atoms with Gasteiger partial charge < -0.3 is 19.0 Å². The second-order valence-corrected chi connectivity index (χ2v) is 11.6. The molecule has 2 fully saturated rings. The summed E-state index contributed by atoms with van der Waals surface area (Å²) < 4.78 is 18.3. The summed E-state index contributed by atoms with van der Waals surface area (Å²) in [5.74, 6) is 0.675. The van der Waals surface area contributed by atoms with Gasteiger partial charge in [-0.2, -0.15) is 0 Å². The number of hydrogen-bond acceptors (Lipinski definition) is 7. The van der Waals surface area contributed by atoms with Crippen LogP contribution in [0.15, 0.2) is 63.6 Å². The Kier molecular flexibility index (Phi) is 5.16. The van der Waals surface area contributed by atoms with Gasteiger partial charge in [0, 0.05) is 47.7 Å². The van der Waals surface area contributed by atoms with E-state index in [2.05, 4.69) is 31.5 Å². The minimum atomic E-state index is -1.16. The second kappa shape index (κ2) is 7.90. The average molecular weight is 504 g/mol. The van der Waals surface area contributed by atoms with E-state index in [9.17, 15) is 14.7 Å². The molecule has 0 bridgehead atoms. The van der Waals surface area contributed by atoms with Crippen molar-refractivity contribution in [1.82, 2.24) is 4.98 Å². The smallest absolute Gasteiger partial charge is 0.343 e. The Morgan fingerprint density at radius 1 is 1.24 bits per heavy atom. The highest BCUT2D eigenvalue weighted by atomic mass is 16.5. The maximum Gasteiger partial charge on any atom is 0.343 e. The summed E-state index contributed by atoms with van der Waals surface area (Å²) >= 11 is 0. The number of nitrogens with zero attached hydrogens (tertiary/aromatic N) is 1. The molecule has 0 amide bonds. The molecule has 0 aromatic carbocycles. The lowest BCUT2D eigenvalue weighted by atomic mass is 9.40. The molecule has 2 aromatic rings. The lowest BCUT2D eigenvalue weighted by Gasteiger charge is -2.66. The van der Waals surface area contributed by atoms with Crippen molar-refractivity contribution in [2.75, 3.05) is 6.61 Å². The molecule has 4 heterocycles. The summed E-state index contributed by atoms with van der Waals surface area (Å²) in [6, 6.07) is 5.44. The lowest BCUT2D eigenvalue weighted by molar-refractivity contribution is -0.237. The molecular weight excluding hydrogens is 470 g/mol. The van der Waals surface area contributed by atoms with Crippen LogP contribution in [-0.2, 0) is 16.0 Å². The molecular formula is C30H33NO6. The van der Waals surface area contributed by atoms with Crippen molar-refractivity contribution in [2.24, 2.45) is 16.7 Å². The quantitative estimate of drug-likeness (QED) is 0.465. The van der Waals surface area contributed by atoms with Gasteiger partial charge in [0.15, 0.2) is 0 Å². The monoisotopic (exact) mass is 503 g/mol. The minimum absolute atomic E-state index is 0.0496. The van der Waals surface area contributed by atoms with Gasteiger partial charge in [-0.3, -0.25) is 9.78 Å². The Bertz CT molecular complexity index is 1380. The van der Waals surface area contributed by atoms with Crippen LogP contribution in [0.5, 0.6) is 5.75 Å². The third kappa shape index (κ3) is 3.06. The summed E-state index contributed by atoms with van der Waals surface area (Å²) in [6.07, 6.45) is 8.59. The van der Waals surface area contributed by atoms with Gasteiger partial charge in [0.1, 0.15) is 23.7 Å². The molecule has 1 saturated carbocycles. The van der Waals surface area contributed by atoms with Crippen LogP contribution in [0.25, 0.3) is 11.3 Å². The van der Waals surface area contributed by atoms with Gasteiger partial charge in [-0.15, -0.1) is 0 Å². The van der Waals surface area contributed by atoms with E-state index in [1.165, 1.54) is 0 Å². The third-order valence-electron chi connectivity index (χ3n) is 10.1. The number of rotatable bonds is 2. The molecule has 4 aliphatic rings.